The van der Waals surface area contributed by atoms with Crippen molar-refractivity contribution < 1.29 is 14.7 Å². The van der Waals surface area contributed by atoms with Crippen molar-refractivity contribution in [3.05, 3.63) is 0 Å². The minimum absolute atomic E-state index is 0.0356. The summed E-state index contributed by atoms with van der Waals surface area (Å²) in [5, 5.41) is 15.3. The summed E-state index contributed by atoms with van der Waals surface area (Å²) in [6, 6.07) is 0. The van der Waals surface area contributed by atoms with Gasteiger partial charge in [0.2, 0.25) is 5.91 Å². The van der Waals surface area contributed by atoms with Crippen LogP contribution in [0, 0.1) is 11.3 Å². The predicted molar refractivity (Wildman–Crippen MR) is 71.7 cm³/mol. The Hall–Kier alpha value is -1.10. The van der Waals surface area contributed by atoms with E-state index in [9.17, 15) is 9.59 Å². The maximum atomic E-state index is 12.7. The van der Waals surface area contributed by atoms with Gasteiger partial charge >= 0.3 is 5.97 Å². The van der Waals surface area contributed by atoms with Gasteiger partial charge in [-0.15, -0.1) is 0 Å². The van der Waals surface area contributed by atoms with E-state index in [1.165, 1.54) is 0 Å². The molecule has 3 N–H and O–H groups in total. The van der Waals surface area contributed by atoms with Gasteiger partial charge in [-0.2, -0.15) is 0 Å². The second kappa shape index (κ2) is 5.12. The van der Waals surface area contributed by atoms with Crippen molar-refractivity contribution in [2.75, 3.05) is 13.1 Å². The molecule has 1 amide bonds. The van der Waals surface area contributed by atoms with Gasteiger partial charge in [-0.1, -0.05) is 13.8 Å². The molecule has 5 heteroatoms. The lowest BCUT2D eigenvalue weighted by Gasteiger charge is -2.44. The van der Waals surface area contributed by atoms with Crippen LogP contribution in [0.1, 0.15) is 46.0 Å². The fraction of sp³-hybridized carbons (Fsp3) is 0.857. The maximum absolute atomic E-state index is 12.7. The van der Waals surface area contributed by atoms with Crippen molar-refractivity contribution >= 4 is 11.9 Å². The normalized spacial score (nSPS) is 29.0. The minimum Gasteiger partial charge on any atom is -0.481 e. The van der Waals surface area contributed by atoms with E-state index in [1.54, 1.807) is 0 Å². The molecule has 19 heavy (non-hydrogen) atoms. The molecule has 5 nitrogen and oxygen atoms in total. The van der Waals surface area contributed by atoms with Crippen LogP contribution < -0.4 is 10.6 Å². The van der Waals surface area contributed by atoms with E-state index in [-0.39, 0.29) is 23.7 Å². The second-order valence-corrected chi connectivity index (χ2v) is 6.40. The zero-order valence-electron chi connectivity index (χ0n) is 11.8. The van der Waals surface area contributed by atoms with Gasteiger partial charge in [-0.05, 0) is 38.1 Å². The molecule has 108 valence electrons. The van der Waals surface area contributed by atoms with Crippen LogP contribution in [0.2, 0.25) is 0 Å². The molecule has 1 saturated carbocycles. The molecule has 1 unspecified atom stereocenters. The average molecular weight is 268 g/mol. The third-order valence-corrected chi connectivity index (χ3v) is 4.92. The molecule has 1 aliphatic carbocycles. The number of carboxylic acid groups (broad SMARTS) is 1. The highest BCUT2D eigenvalue weighted by molar-refractivity contribution is 5.85. The molecule has 1 aliphatic heterocycles. The van der Waals surface area contributed by atoms with Crippen LogP contribution in [0.15, 0.2) is 0 Å². The van der Waals surface area contributed by atoms with Crippen molar-refractivity contribution in [2.45, 2.75) is 51.5 Å². The van der Waals surface area contributed by atoms with E-state index < -0.39 is 11.5 Å². The van der Waals surface area contributed by atoms with Gasteiger partial charge < -0.3 is 15.7 Å². The number of carbonyl (C=O) groups excluding carboxylic acids is 1. The number of carboxylic acids is 1. The quantitative estimate of drug-likeness (QED) is 0.698. The largest absolute Gasteiger partial charge is 0.481 e. The van der Waals surface area contributed by atoms with Crippen LogP contribution in [-0.2, 0) is 9.59 Å². The molecule has 0 radical (unpaired) electrons. The van der Waals surface area contributed by atoms with Crippen LogP contribution in [0.5, 0.6) is 0 Å². The summed E-state index contributed by atoms with van der Waals surface area (Å²) in [6.45, 7) is 5.69. The summed E-state index contributed by atoms with van der Waals surface area (Å²) in [5.41, 5.74) is -0.867. The lowest BCUT2D eigenvalue weighted by molar-refractivity contribution is -0.142. The topological polar surface area (TPSA) is 78.4 Å². The maximum Gasteiger partial charge on any atom is 0.305 e. The van der Waals surface area contributed by atoms with Gasteiger partial charge in [-0.25, -0.2) is 0 Å². The molecular formula is C14H24N2O3. The summed E-state index contributed by atoms with van der Waals surface area (Å²) >= 11 is 0. The molecule has 2 aliphatic rings. The highest BCUT2D eigenvalue weighted by Gasteiger charge is 2.48. The van der Waals surface area contributed by atoms with E-state index in [2.05, 4.69) is 24.5 Å². The lowest BCUT2D eigenvalue weighted by atomic mass is 9.71. The molecule has 0 bridgehead atoms. The highest BCUT2D eigenvalue weighted by atomic mass is 16.4. The van der Waals surface area contributed by atoms with E-state index in [1.807, 2.05) is 0 Å². The lowest BCUT2D eigenvalue weighted by Crippen LogP contribution is -2.59. The first-order chi connectivity index (χ1) is 8.90. The zero-order chi connectivity index (χ0) is 14.1. The Morgan fingerprint density at radius 2 is 2.00 bits per heavy atom. The first-order valence-corrected chi connectivity index (χ1v) is 7.15. The molecule has 2 rings (SSSR count). The van der Waals surface area contributed by atoms with Crippen molar-refractivity contribution in [2.24, 2.45) is 11.3 Å². The Morgan fingerprint density at radius 1 is 1.32 bits per heavy atom. The van der Waals surface area contributed by atoms with Crippen molar-refractivity contribution in [1.82, 2.24) is 10.6 Å². The SMILES string of the molecule is CC(C)C1(C(=O)NC2(CC(=O)O)CCC2)CCNC1. The van der Waals surface area contributed by atoms with E-state index in [0.717, 1.165) is 32.2 Å². The Bertz CT molecular complexity index is 369. The van der Waals surface area contributed by atoms with Crippen molar-refractivity contribution in [3.63, 3.8) is 0 Å². The molecule has 0 aromatic heterocycles. The van der Waals surface area contributed by atoms with Crippen LogP contribution in [0.3, 0.4) is 0 Å². The van der Waals surface area contributed by atoms with E-state index in [0.29, 0.717) is 6.54 Å². The Balaban J connectivity index is 2.08. The fourth-order valence-electron chi connectivity index (χ4n) is 3.26. The Morgan fingerprint density at radius 3 is 2.37 bits per heavy atom. The van der Waals surface area contributed by atoms with Crippen molar-refractivity contribution in [3.8, 4) is 0 Å². The van der Waals surface area contributed by atoms with Crippen LogP contribution in [-0.4, -0.2) is 35.6 Å². The number of carbonyl (C=O) groups is 2. The third kappa shape index (κ3) is 2.61. The molecule has 0 spiro atoms. The number of amides is 1. The zero-order valence-corrected chi connectivity index (χ0v) is 11.8. The van der Waals surface area contributed by atoms with Gasteiger partial charge in [0, 0.05) is 6.54 Å². The summed E-state index contributed by atoms with van der Waals surface area (Å²) in [5.74, 6) is -0.541. The van der Waals surface area contributed by atoms with Gasteiger partial charge in [0.25, 0.3) is 0 Å². The molecule has 0 aromatic carbocycles. The Labute approximate surface area is 114 Å². The molecule has 2 fully saturated rings. The fourth-order valence-corrected chi connectivity index (χ4v) is 3.26. The smallest absolute Gasteiger partial charge is 0.305 e. The van der Waals surface area contributed by atoms with Crippen LogP contribution in [0.25, 0.3) is 0 Å². The number of rotatable bonds is 5. The highest BCUT2D eigenvalue weighted by Crippen LogP contribution is 2.39. The summed E-state index contributed by atoms with van der Waals surface area (Å²) < 4.78 is 0. The molecule has 1 saturated heterocycles. The number of hydrogen-bond acceptors (Lipinski definition) is 3. The first kappa shape index (κ1) is 14.3. The summed E-state index contributed by atoms with van der Waals surface area (Å²) in [7, 11) is 0. The van der Waals surface area contributed by atoms with Gasteiger partial charge in [0.15, 0.2) is 0 Å². The average Bonchev–Trinajstić information content (AvgIpc) is 2.75. The minimum atomic E-state index is -0.830. The van der Waals surface area contributed by atoms with E-state index in [4.69, 9.17) is 5.11 Å². The second-order valence-electron chi connectivity index (χ2n) is 6.40. The standard InChI is InChI=1S/C14H24N2O3/c1-10(2)14(6-7-15-9-14)12(19)16-13(4-3-5-13)8-11(17)18/h10,15H,3-9H2,1-2H3,(H,16,19)(H,17,18). The van der Waals surface area contributed by atoms with E-state index >= 15 is 0 Å². The first-order valence-electron chi connectivity index (χ1n) is 7.15. The van der Waals surface area contributed by atoms with Crippen LogP contribution >= 0.6 is 0 Å². The van der Waals surface area contributed by atoms with Gasteiger partial charge in [0.05, 0.1) is 17.4 Å². The third-order valence-electron chi connectivity index (χ3n) is 4.92. The number of hydrogen-bond donors (Lipinski definition) is 3. The monoisotopic (exact) mass is 268 g/mol. The van der Waals surface area contributed by atoms with Crippen LogP contribution in [0.4, 0.5) is 0 Å². The molecule has 0 aromatic rings. The van der Waals surface area contributed by atoms with Gasteiger partial charge in [-0.3, -0.25) is 9.59 Å². The molecule has 1 atom stereocenters. The summed E-state index contributed by atoms with van der Waals surface area (Å²) in [6.07, 6.45) is 3.44. The van der Waals surface area contributed by atoms with Gasteiger partial charge in [0.1, 0.15) is 0 Å². The number of nitrogens with one attached hydrogen (secondary N) is 2. The Kier molecular flexibility index (Phi) is 3.85. The summed E-state index contributed by atoms with van der Waals surface area (Å²) in [4.78, 5) is 23.6. The molecule has 1 heterocycles. The molecular weight excluding hydrogens is 244 g/mol. The van der Waals surface area contributed by atoms with Crippen molar-refractivity contribution in [1.29, 1.82) is 0 Å². The number of aliphatic carboxylic acids is 1. The predicted octanol–water partition coefficient (Wildman–Crippen LogP) is 1.14.